The van der Waals surface area contributed by atoms with Crippen LogP contribution < -0.4 is 47.4 Å². The largest absolute Gasteiger partial charge is 0.497 e. The van der Waals surface area contributed by atoms with Gasteiger partial charge in [0.1, 0.15) is 69.0 Å². The average molecular weight is 1790 g/mol. The Balaban J connectivity index is 0.000000190. The molecule has 0 saturated heterocycles. The molecule has 0 aliphatic heterocycles. The van der Waals surface area contributed by atoms with Crippen LogP contribution in [0.5, 0.6) is 69.0 Å². The van der Waals surface area contributed by atoms with Crippen molar-refractivity contribution in [2.45, 2.75) is 58.7 Å². The van der Waals surface area contributed by atoms with E-state index in [0.29, 0.717) is 0 Å². The van der Waals surface area contributed by atoms with E-state index in [4.69, 9.17) is 47.4 Å². The van der Waals surface area contributed by atoms with Crippen molar-refractivity contribution in [1.29, 1.82) is 0 Å². The number of benzene rings is 14. The van der Waals surface area contributed by atoms with Gasteiger partial charge in [-0.1, -0.05) is 72.1 Å². The molecular formula is C100H104O10S10. The predicted molar refractivity (Wildman–Crippen MR) is 523 cm³/mol. The highest BCUT2D eigenvalue weighted by Crippen LogP contribution is 2.35. The van der Waals surface area contributed by atoms with Gasteiger partial charge in [0.2, 0.25) is 0 Å². The lowest BCUT2D eigenvalue weighted by Gasteiger charge is -2.07. The average Bonchev–Trinajstić information content (AvgIpc) is 0.849. The summed E-state index contributed by atoms with van der Waals surface area (Å²) >= 11 is 17.6. The van der Waals surface area contributed by atoms with E-state index >= 15 is 0 Å². The van der Waals surface area contributed by atoms with Crippen molar-refractivity contribution in [3.63, 3.8) is 0 Å². The number of ether oxygens (including phenoxy) is 10. The van der Waals surface area contributed by atoms with Crippen LogP contribution in [0.1, 0.15) is 0 Å². The quantitative estimate of drug-likeness (QED) is 0.0481. The number of rotatable bonds is 26. The van der Waals surface area contributed by atoms with Crippen molar-refractivity contribution in [2.75, 3.05) is 107 Å². The number of hydrogen-bond donors (Lipinski definition) is 0. The third-order valence-electron chi connectivity index (χ3n) is 17.0. The fraction of sp³-hybridized carbons (Fsp3) is 0.160. The van der Waals surface area contributed by atoms with Gasteiger partial charge in [-0.2, -0.15) is 0 Å². The molecule has 0 bridgehead atoms. The summed E-state index contributed by atoms with van der Waals surface area (Å²) in [4.78, 5) is 15.4. The zero-order valence-electron chi connectivity index (χ0n) is 70.5. The van der Waals surface area contributed by atoms with Crippen LogP contribution in [0.4, 0.5) is 0 Å². The van der Waals surface area contributed by atoms with Crippen LogP contribution in [0, 0.1) is 0 Å². The molecule has 120 heavy (non-hydrogen) atoms. The summed E-state index contributed by atoms with van der Waals surface area (Å²) in [5.74, 6) is 10.1. The van der Waals surface area contributed by atoms with Crippen LogP contribution in [0.2, 0.25) is 0 Å². The summed E-state index contributed by atoms with van der Waals surface area (Å²) in [5, 5.41) is 0. The Kier molecular flexibility index (Phi) is 46.4. The minimum absolute atomic E-state index is 0.774. The Labute approximate surface area is 754 Å². The molecular weight excluding hydrogens is 1680 g/mol. The zero-order valence-corrected chi connectivity index (χ0v) is 78.7. The molecule has 14 aromatic rings. The van der Waals surface area contributed by atoms with E-state index in [-0.39, 0.29) is 0 Å². The van der Waals surface area contributed by atoms with Gasteiger partial charge in [0.05, 0.1) is 56.9 Å². The molecule has 0 amide bonds. The van der Waals surface area contributed by atoms with Gasteiger partial charge >= 0.3 is 0 Å². The van der Waals surface area contributed by atoms with E-state index in [1.807, 2.05) is 206 Å². The lowest BCUT2D eigenvalue weighted by Crippen LogP contribution is -1.86. The van der Waals surface area contributed by atoms with Crippen molar-refractivity contribution in [3.05, 3.63) is 340 Å². The third-order valence-corrected chi connectivity index (χ3v) is 25.0. The second-order valence-corrected chi connectivity index (χ2v) is 33.8. The first-order valence-electron chi connectivity index (χ1n) is 37.4. The van der Waals surface area contributed by atoms with Gasteiger partial charge in [-0.05, 0) is 363 Å². The van der Waals surface area contributed by atoms with E-state index in [2.05, 4.69) is 196 Å². The maximum atomic E-state index is 5.76. The van der Waals surface area contributed by atoms with Crippen LogP contribution in [0.15, 0.2) is 398 Å². The summed E-state index contributed by atoms with van der Waals surface area (Å²) in [5.41, 5.74) is 4.91. The zero-order chi connectivity index (χ0) is 85.9. The maximum Gasteiger partial charge on any atom is 0.127 e. The first kappa shape index (κ1) is 97.7. The molecule has 0 fully saturated rings. The Morgan fingerprint density at radius 3 is 0.383 bits per heavy atom. The summed E-state index contributed by atoms with van der Waals surface area (Å²) in [6.45, 7) is 0. The van der Waals surface area contributed by atoms with Crippen molar-refractivity contribution in [2.24, 2.45) is 0 Å². The van der Waals surface area contributed by atoms with Crippen LogP contribution in [-0.2, 0) is 0 Å². The summed E-state index contributed by atoms with van der Waals surface area (Å²) in [6, 6.07) is 114. The highest BCUT2D eigenvalue weighted by Gasteiger charge is 2.06. The SMILES string of the molecule is COc1ccc(-c2ccc(OC)cc2)cc1.COc1ccc(OC)cc1.COc1ccc(Oc2ccc(OC)cc2)cc1.COc1ccc(Sc2ccc(OC)cc2)cc1.CSc1ccc(-c2ccc(SC)cc2)cc1.CSc1ccc(Oc2ccc(SC)cc2)cc1.CSc1ccc(SC)cc1.CSc1ccc(Sc2ccc(SC)cc2)cc1. The molecule has 0 aliphatic carbocycles. The van der Waals surface area contributed by atoms with Crippen LogP contribution in [0.3, 0.4) is 0 Å². The Morgan fingerprint density at radius 1 is 0.125 bits per heavy atom. The van der Waals surface area contributed by atoms with Gasteiger partial charge < -0.3 is 47.4 Å². The molecule has 0 N–H and O–H groups in total. The van der Waals surface area contributed by atoms with Crippen molar-refractivity contribution >= 4 is 118 Å². The molecule has 0 heterocycles. The Hall–Kier alpha value is -9.42. The van der Waals surface area contributed by atoms with Gasteiger partial charge in [0.25, 0.3) is 0 Å². The predicted octanol–water partition coefficient (Wildman–Crippen LogP) is 30.6. The molecule has 0 saturated carbocycles. The highest BCUT2D eigenvalue weighted by atomic mass is 32.2. The number of hydrogen-bond acceptors (Lipinski definition) is 20. The van der Waals surface area contributed by atoms with Crippen molar-refractivity contribution < 1.29 is 47.4 Å². The lowest BCUT2D eigenvalue weighted by atomic mass is 10.1. The fourth-order valence-corrected chi connectivity index (χ4v) is 15.2. The third kappa shape index (κ3) is 36.1. The summed E-state index contributed by atoms with van der Waals surface area (Å²) in [7, 11) is 13.2. The minimum atomic E-state index is 0.774. The van der Waals surface area contributed by atoms with Crippen molar-refractivity contribution in [3.8, 4) is 91.2 Å². The van der Waals surface area contributed by atoms with E-state index in [9.17, 15) is 0 Å². The molecule has 0 aliphatic rings. The molecule has 624 valence electrons. The topological polar surface area (TPSA) is 92.3 Å². The maximum absolute atomic E-state index is 5.76. The second kappa shape index (κ2) is 57.0. The van der Waals surface area contributed by atoms with E-state index in [0.717, 1.165) is 69.0 Å². The monoisotopic (exact) mass is 1780 g/mol. The first-order chi connectivity index (χ1) is 58.6. The van der Waals surface area contributed by atoms with Crippen LogP contribution in [-0.4, -0.2) is 107 Å². The van der Waals surface area contributed by atoms with E-state index in [1.54, 1.807) is 163 Å². The summed E-state index contributed by atoms with van der Waals surface area (Å²) in [6.07, 6.45) is 16.7. The van der Waals surface area contributed by atoms with E-state index in [1.165, 1.54) is 81.0 Å². The van der Waals surface area contributed by atoms with Gasteiger partial charge in [0.15, 0.2) is 0 Å². The molecule has 20 heteroatoms. The van der Waals surface area contributed by atoms with Gasteiger partial charge in [-0.25, -0.2) is 0 Å². The standard InChI is InChI=1S/C14H14O3.C14H14O2S.C14H14O2.C14H14OS2.C14H14S3.C14H14S2.C8H10O2.C8H10S2/c2*1-15-11-3-7-13(8-4-11)17-14-9-5-12(16-2)6-10-14;1-15-13-7-3-11(4-8-13)12-5-9-14(16-2)10-6-12;1-16-13-7-3-11(4-8-13)15-12-5-9-14(17-2)10-6-12;1-15-11-3-7-13(8-4-11)17-14-9-5-12(16-2)6-10-14;1-15-13-7-3-11(4-8-13)12-5-9-14(16-2)10-6-12;2*1-9-7-3-5-8(10-2)6-4-7/h2*3-10H,1-2H3;3-10H,1-2H3;2*3-10H,1-2H3;3-10H,1-2H3;2*3-6H,1-2H3. The molecule has 0 atom stereocenters. The highest BCUT2D eigenvalue weighted by molar-refractivity contribution is 8.01. The van der Waals surface area contributed by atoms with Gasteiger partial charge in [-0.15, -0.1) is 94.1 Å². The van der Waals surface area contributed by atoms with Crippen LogP contribution in [0.25, 0.3) is 22.3 Å². The lowest BCUT2D eigenvalue weighted by molar-refractivity contribution is 0.403. The molecule has 0 spiro atoms. The van der Waals surface area contributed by atoms with Gasteiger partial charge in [-0.3, -0.25) is 0 Å². The number of thioether (sulfide) groups is 8. The summed E-state index contributed by atoms with van der Waals surface area (Å²) < 4.78 is 52.0. The Morgan fingerprint density at radius 2 is 0.225 bits per heavy atom. The molecule has 14 rings (SSSR count). The van der Waals surface area contributed by atoms with Crippen molar-refractivity contribution in [1.82, 2.24) is 0 Å². The second-order valence-electron chi connectivity index (χ2n) is 24.5. The molecule has 10 nitrogen and oxygen atoms in total. The van der Waals surface area contributed by atoms with E-state index < -0.39 is 0 Å². The molecule has 0 unspecified atom stereocenters. The first-order valence-corrected chi connectivity index (χ1v) is 48.9. The fourth-order valence-electron chi connectivity index (χ4n) is 10.3. The Bertz CT molecular complexity index is 4220. The molecule has 0 aromatic heterocycles. The smallest absolute Gasteiger partial charge is 0.127 e. The van der Waals surface area contributed by atoms with Crippen LogP contribution >= 0.6 is 118 Å². The molecule has 0 radical (unpaired) electrons. The van der Waals surface area contributed by atoms with Gasteiger partial charge in [0, 0.05) is 58.7 Å². The minimum Gasteiger partial charge on any atom is -0.497 e. The number of methoxy groups -OCH3 is 8. The molecule has 14 aromatic carbocycles. The normalized spacial score (nSPS) is 10.0.